The lowest BCUT2D eigenvalue weighted by atomic mass is 10.3. The fraction of sp³-hybridized carbons (Fsp3) is 0.562. The second-order valence-corrected chi connectivity index (χ2v) is 6.73. The molecule has 1 saturated heterocycles. The molecule has 1 unspecified atom stereocenters. The van der Waals surface area contributed by atoms with Crippen molar-refractivity contribution in [3.05, 3.63) is 30.1 Å². The molecule has 2 rings (SSSR count). The molecule has 1 aliphatic rings. The van der Waals surface area contributed by atoms with Gasteiger partial charge in [0.2, 0.25) is 0 Å². The van der Waals surface area contributed by atoms with Gasteiger partial charge in [0, 0.05) is 56.6 Å². The van der Waals surface area contributed by atoms with Crippen LogP contribution in [-0.2, 0) is 0 Å². The van der Waals surface area contributed by atoms with Gasteiger partial charge < -0.3 is 15.5 Å². The van der Waals surface area contributed by atoms with Gasteiger partial charge in [-0.2, -0.15) is 11.8 Å². The van der Waals surface area contributed by atoms with Crippen molar-refractivity contribution in [2.24, 2.45) is 4.99 Å². The summed E-state index contributed by atoms with van der Waals surface area (Å²) < 4.78 is 0. The standard InChI is InChI=1S/C16H25N5OS.HI/c1-3-14-12-21(9-10-23-14)16(17-2)20-8-7-19-15(22)13-5-4-6-18-11-13;/h4-6,11,14H,3,7-10,12H2,1-2H3,(H,17,20)(H,19,22);1H. The SMILES string of the molecule is CCC1CN(C(=NC)NCCNC(=O)c2cccnc2)CCS1.I. The quantitative estimate of drug-likeness (QED) is 0.302. The van der Waals surface area contributed by atoms with Gasteiger partial charge in [-0.05, 0) is 18.6 Å². The Morgan fingerprint density at radius 1 is 1.46 bits per heavy atom. The van der Waals surface area contributed by atoms with Crippen molar-refractivity contribution >= 4 is 47.6 Å². The number of aliphatic imine (C=N–C) groups is 1. The van der Waals surface area contributed by atoms with Crippen molar-refractivity contribution in [1.29, 1.82) is 0 Å². The summed E-state index contributed by atoms with van der Waals surface area (Å²) in [6.07, 6.45) is 4.40. The molecule has 6 nitrogen and oxygen atoms in total. The van der Waals surface area contributed by atoms with Gasteiger partial charge in [-0.25, -0.2) is 0 Å². The van der Waals surface area contributed by atoms with E-state index in [1.54, 1.807) is 31.6 Å². The zero-order valence-corrected chi connectivity index (χ0v) is 17.3. The molecular weight excluding hydrogens is 437 g/mol. The van der Waals surface area contributed by atoms with Gasteiger partial charge in [0.25, 0.3) is 5.91 Å². The predicted octanol–water partition coefficient (Wildman–Crippen LogP) is 1.83. The van der Waals surface area contributed by atoms with Crippen molar-refractivity contribution in [2.45, 2.75) is 18.6 Å². The summed E-state index contributed by atoms with van der Waals surface area (Å²) in [6, 6.07) is 3.51. The van der Waals surface area contributed by atoms with Crippen LogP contribution in [-0.4, -0.2) is 66.0 Å². The first-order chi connectivity index (χ1) is 11.2. The molecule has 1 aliphatic heterocycles. The van der Waals surface area contributed by atoms with Crippen molar-refractivity contribution in [2.75, 3.05) is 39.0 Å². The van der Waals surface area contributed by atoms with Crippen molar-refractivity contribution in [3.63, 3.8) is 0 Å². The maximum atomic E-state index is 11.9. The summed E-state index contributed by atoms with van der Waals surface area (Å²) >= 11 is 2.04. The number of nitrogens with one attached hydrogen (secondary N) is 2. The van der Waals surface area contributed by atoms with Gasteiger partial charge in [-0.3, -0.25) is 14.8 Å². The van der Waals surface area contributed by atoms with Crippen LogP contribution in [0.1, 0.15) is 23.7 Å². The summed E-state index contributed by atoms with van der Waals surface area (Å²) in [5.41, 5.74) is 0.579. The van der Waals surface area contributed by atoms with Crippen LogP contribution in [0.5, 0.6) is 0 Å². The second kappa shape index (κ2) is 11.5. The minimum Gasteiger partial charge on any atom is -0.354 e. The number of carbonyl (C=O) groups is 1. The summed E-state index contributed by atoms with van der Waals surface area (Å²) in [5.74, 6) is 1.95. The number of hydrogen-bond donors (Lipinski definition) is 2. The number of guanidine groups is 1. The number of aromatic nitrogens is 1. The molecule has 2 heterocycles. The highest BCUT2D eigenvalue weighted by Crippen LogP contribution is 2.20. The van der Waals surface area contributed by atoms with Crippen molar-refractivity contribution in [3.8, 4) is 0 Å². The third kappa shape index (κ3) is 6.46. The molecular formula is C16H26IN5OS. The number of halogens is 1. The van der Waals surface area contributed by atoms with Crippen LogP contribution in [0.15, 0.2) is 29.5 Å². The maximum absolute atomic E-state index is 11.9. The van der Waals surface area contributed by atoms with E-state index >= 15 is 0 Å². The zero-order chi connectivity index (χ0) is 16.5. The van der Waals surface area contributed by atoms with Crippen LogP contribution in [0.25, 0.3) is 0 Å². The summed E-state index contributed by atoms with van der Waals surface area (Å²) in [5, 5.41) is 6.88. The predicted molar refractivity (Wildman–Crippen MR) is 111 cm³/mol. The number of rotatable bonds is 5. The fourth-order valence-corrected chi connectivity index (χ4v) is 3.62. The van der Waals surface area contributed by atoms with Gasteiger partial charge in [0.1, 0.15) is 0 Å². The lowest BCUT2D eigenvalue weighted by Gasteiger charge is -2.34. The van der Waals surface area contributed by atoms with Gasteiger partial charge >= 0.3 is 0 Å². The van der Waals surface area contributed by atoms with Gasteiger partial charge in [-0.15, -0.1) is 24.0 Å². The van der Waals surface area contributed by atoms with E-state index in [0.717, 1.165) is 24.8 Å². The maximum Gasteiger partial charge on any atom is 0.252 e. The molecule has 1 fully saturated rings. The van der Waals surface area contributed by atoms with E-state index < -0.39 is 0 Å². The molecule has 1 aromatic heterocycles. The fourth-order valence-electron chi connectivity index (χ4n) is 2.44. The molecule has 0 aromatic carbocycles. The summed E-state index contributed by atoms with van der Waals surface area (Å²) in [4.78, 5) is 22.5. The largest absolute Gasteiger partial charge is 0.354 e. The molecule has 8 heteroatoms. The van der Waals surface area contributed by atoms with E-state index in [4.69, 9.17) is 0 Å². The normalized spacial score (nSPS) is 17.8. The average Bonchev–Trinajstić information content (AvgIpc) is 2.62. The monoisotopic (exact) mass is 463 g/mol. The second-order valence-electron chi connectivity index (χ2n) is 5.32. The number of pyridine rings is 1. The number of nitrogens with zero attached hydrogens (tertiary/aromatic N) is 3. The van der Waals surface area contributed by atoms with E-state index in [1.807, 2.05) is 11.8 Å². The molecule has 0 saturated carbocycles. The number of hydrogen-bond acceptors (Lipinski definition) is 4. The van der Waals surface area contributed by atoms with Crippen molar-refractivity contribution < 1.29 is 4.79 Å². The van der Waals surface area contributed by atoms with Gasteiger partial charge in [0.05, 0.1) is 5.56 Å². The summed E-state index contributed by atoms with van der Waals surface area (Å²) in [7, 11) is 1.80. The van der Waals surface area contributed by atoms with Crippen LogP contribution in [0.4, 0.5) is 0 Å². The molecule has 0 spiro atoms. The van der Waals surface area contributed by atoms with Crippen molar-refractivity contribution in [1.82, 2.24) is 20.5 Å². The summed E-state index contributed by atoms with van der Waals surface area (Å²) in [6.45, 7) is 5.47. The van der Waals surface area contributed by atoms with Gasteiger partial charge in [-0.1, -0.05) is 6.92 Å². The van der Waals surface area contributed by atoms with Crippen LogP contribution in [0, 0.1) is 0 Å². The van der Waals surface area contributed by atoms with E-state index in [-0.39, 0.29) is 29.9 Å². The van der Waals surface area contributed by atoms with E-state index in [1.165, 1.54) is 6.42 Å². The molecule has 1 aromatic rings. The third-order valence-electron chi connectivity index (χ3n) is 3.72. The Bertz CT molecular complexity index is 528. The zero-order valence-electron chi connectivity index (χ0n) is 14.2. The van der Waals surface area contributed by atoms with E-state index in [2.05, 4.69) is 32.4 Å². The topological polar surface area (TPSA) is 69.6 Å². The Hall–Kier alpha value is -1.03. The van der Waals surface area contributed by atoms with Gasteiger partial charge in [0.15, 0.2) is 5.96 Å². The van der Waals surface area contributed by atoms with E-state index in [0.29, 0.717) is 23.9 Å². The average molecular weight is 463 g/mol. The van der Waals surface area contributed by atoms with Crippen LogP contribution in [0.2, 0.25) is 0 Å². The first-order valence-corrected chi connectivity index (χ1v) is 9.05. The molecule has 1 amide bonds. The number of carbonyl (C=O) groups excluding carboxylic acids is 1. The lowest BCUT2D eigenvalue weighted by Crippen LogP contribution is -2.49. The van der Waals surface area contributed by atoms with Crippen LogP contribution < -0.4 is 10.6 Å². The van der Waals surface area contributed by atoms with Crippen LogP contribution in [0.3, 0.4) is 0 Å². The minimum atomic E-state index is -0.102. The Labute approximate surface area is 165 Å². The Kier molecular flexibility index (Phi) is 10.1. The highest BCUT2D eigenvalue weighted by Gasteiger charge is 2.21. The van der Waals surface area contributed by atoms with Crippen LogP contribution >= 0.6 is 35.7 Å². The third-order valence-corrected chi connectivity index (χ3v) is 5.09. The molecule has 1 atom stereocenters. The Morgan fingerprint density at radius 2 is 2.25 bits per heavy atom. The number of thioether (sulfide) groups is 1. The number of amides is 1. The Balaban J connectivity index is 0.00000288. The first kappa shape index (κ1) is 21.0. The molecule has 2 N–H and O–H groups in total. The minimum absolute atomic E-state index is 0. The lowest BCUT2D eigenvalue weighted by molar-refractivity contribution is 0.0954. The molecule has 0 radical (unpaired) electrons. The molecule has 0 bridgehead atoms. The molecule has 0 aliphatic carbocycles. The first-order valence-electron chi connectivity index (χ1n) is 8.00. The van der Waals surface area contributed by atoms with E-state index in [9.17, 15) is 4.79 Å². The smallest absolute Gasteiger partial charge is 0.252 e. The Morgan fingerprint density at radius 3 is 2.92 bits per heavy atom. The molecule has 134 valence electrons. The highest BCUT2D eigenvalue weighted by molar-refractivity contribution is 14.0. The highest BCUT2D eigenvalue weighted by atomic mass is 127. The molecule has 24 heavy (non-hydrogen) atoms.